The molecular formula is C20H28N4. The van der Waals surface area contributed by atoms with E-state index >= 15 is 0 Å². The van der Waals surface area contributed by atoms with Crippen LogP contribution in [0.3, 0.4) is 0 Å². The molecule has 0 atom stereocenters. The summed E-state index contributed by atoms with van der Waals surface area (Å²) in [5.41, 5.74) is 3.59. The third kappa shape index (κ3) is 2.86. The minimum Gasteiger partial charge on any atom is -0.358 e. The Morgan fingerprint density at radius 2 is 1.75 bits per heavy atom. The first-order valence-electron chi connectivity index (χ1n) is 8.85. The fourth-order valence-electron chi connectivity index (χ4n) is 3.53. The summed E-state index contributed by atoms with van der Waals surface area (Å²) in [6.07, 6.45) is 0. The van der Waals surface area contributed by atoms with E-state index in [2.05, 4.69) is 79.6 Å². The van der Waals surface area contributed by atoms with E-state index < -0.39 is 0 Å². The summed E-state index contributed by atoms with van der Waals surface area (Å²) in [5.74, 6) is 1.06. The first-order chi connectivity index (χ1) is 11.6. The molecule has 0 aliphatic rings. The zero-order valence-corrected chi connectivity index (χ0v) is 15.5. The molecular weight excluding hydrogens is 296 g/mol. The van der Waals surface area contributed by atoms with Gasteiger partial charge in [-0.1, -0.05) is 32.0 Å². The second-order valence-electron chi connectivity index (χ2n) is 6.49. The van der Waals surface area contributed by atoms with Gasteiger partial charge >= 0.3 is 0 Å². The van der Waals surface area contributed by atoms with Crippen LogP contribution in [-0.4, -0.2) is 47.7 Å². The minimum atomic E-state index is 0.990. The highest BCUT2D eigenvalue weighted by Crippen LogP contribution is 2.31. The molecule has 2 heterocycles. The first-order valence-corrected chi connectivity index (χ1v) is 8.85. The van der Waals surface area contributed by atoms with Crippen LogP contribution in [0, 0.1) is 6.92 Å². The smallest absolute Gasteiger partial charge is 0.129 e. The van der Waals surface area contributed by atoms with Gasteiger partial charge in [-0.3, -0.25) is 0 Å². The van der Waals surface area contributed by atoms with Gasteiger partial charge in [0, 0.05) is 43.5 Å². The summed E-state index contributed by atoms with van der Waals surface area (Å²) in [5, 5.41) is 2.60. The maximum atomic E-state index is 4.87. The number of nitrogens with zero attached hydrogens (tertiary/aromatic N) is 4. The van der Waals surface area contributed by atoms with Crippen LogP contribution < -0.4 is 4.90 Å². The number of hydrogen-bond donors (Lipinski definition) is 0. The van der Waals surface area contributed by atoms with Crippen LogP contribution in [0.2, 0.25) is 0 Å². The van der Waals surface area contributed by atoms with Crippen LogP contribution in [0.1, 0.15) is 19.5 Å². The Hall–Kier alpha value is -2.07. The van der Waals surface area contributed by atoms with Crippen LogP contribution in [0.25, 0.3) is 21.8 Å². The minimum absolute atomic E-state index is 0.990. The molecule has 128 valence electrons. The SMILES string of the molecule is CCN(CC)CCN(C)c1cc2c3ccccc3n(C)c2c(C)n1. The number of pyridine rings is 1. The van der Waals surface area contributed by atoms with E-state index in [1.54, 1.807) is 0 Å². The van der Waals surface area contributed by atoms with Crippen molar-refractivity contribution in [1.29, 1.82) is 0 Å². The van der Waals surface area contributed by atoms with Crippen molar-refractivity contribution in [2.75, 3.05) is 38.1 Å². The molecule has 3 rings (SSSR count). The van der Waals surface area contributed by atoms with E-state index in [0.29, 0.717) is 0 Å². The Balaban J connectivity index is 1.99. The molecule has 0 aliphatic heterocycles. The molecule has 4 nitrogen and oxygen atoms in total. The molecule has 0 amide bonds. The van der Waals surface area contributed by atoms with Crippen LogP contribution in [0.15, 0.2) is 30.3 Å². The second kappa shape index (κ2) is 6.81. The highest BCUT2D eigenvalue weighted by Gasteiger charge is 2.14. The standard InChI is InChI=1S/C20H28N4/c1-6-24(7-2)13-12-22(4)19-14-17-16-10-8-9-11-18(16)23(5)20(17)15(3)21-19/h8-11,14H,6-7,12-13H2,1-5H3. The van der Waals surface area contributed by atoms with Crippen molar-refractivity contribution < 1.29 is 0 Å². The maximum Gasteiger partial charge on any atom is 0.129 e. The molecule has 0 saturated carbocycles. The maximum absolute atomic E-state index is 4.87. The Morgan fingerprint density at radius 3 is 2.46 bits per heavy atom. The zero-order valence-electron chi connectivity index (χ0n) is 15.5. The normalized spacial score (nSPS) is 11.8. The zero-order chi connectivity index (χ0) is 17.3. The van der Waals surface area contributed by atoms with Crippen LogP contribution in [0.4, 0.5) is 5.82 Å². The number of hydrogen-bond acceptors (Lipinski definition) is 3. The monoisotopic (exact) mass is 324 g/mol. The topological polar surface area (TPSA) is 24.3 Å². The molecule has 0 radical (unpaired) electrons. The number of benzene rings is 1. The van der Waals surface area contributed by atoms with Crippen LogP contribution in [0.5, 0.6) is 0 Å². The summed E-state index contributed by atoms with van der Waals surface area (Å²) >= 11 is 0. The Morgan fingerprint density at radius 1 is 1.04 bits per heavy atom. The van der Waals surface area contributed by atoms with Gasteiger partial charge in [-0.15, -0.1) is 0 Å². The Labute approximate surface area is 144 Å². The third-order valence-electron chi connectivity index (χ3n) is 5.08. The third-order valence-corrected chi connectivity index (χ3v) is 5.08. The highest BCUT2D eigenvalue weighted by molar-refractivity contribution is 6.09. The molecule has 4 heteroatoms. The number of rotatable bonds is 6. The van der Waals surface area contributed by atoms with E-state index in [-0.39, 0.29) is 0 Å². The lowest BCUT2D eigenvalue weighted by Crippen LogP contribution is -2.33. The van der Waals surface area contributed by atoms with E-state index in [0.717, 1.165) is 37.7 Å². The summed E-state index contributed by atoms with van der Waals surface area (Å²) in [7, 11) is 4.27. The van der Waals surface area contributed by atoms with E-state index in [1.165, 1.54) is 21.8 Å². The summed E-state index contributed by atoms with van der Waals surface area (Å²) in [6.45, 7) is 10.8. The van der Waals surface area contributed by atoms with Crippen molar-refractivity contribution in [1.82, 2.24) is 14.5 Å². The van der Waals surface area contributed by atoms with Crippen LogP contribution in [-0.2, 0) is 7.05 Å². The van der Waals surface area contributed by atoms with Gasteiger partial charge in [0.25, 0.3) is 0 Å². The first kappa shape index (κ1) is 16.8. The molecule has 0 saturated heterocycles. The summed E-state index contributed by atoms with van der Waals surface area (Å²) < 4.78 is 2.26. The molecule has 0 fully saturated rings. The highest BCUT2D eigenvalue weighted by atomic mass is 15.2. The predicted octanol–water partition coefficient (Wildman–Crippen LogP) is 3.81. The molecule has 1 aromatic carbocycles. The summed E-state index contributed by atoms with van der Waals surface area (Å²) in [6, 6.07) is 10.8. The van der Waals surface area contributed by atoms with Gasteiger partial charge in [-0.25, -0.2) is 4.98 Å². The largest absolute Gasteiger partial charge is 0.358 e. The number of para-hydroxylation sites is 1. The molecule has 0 spiro atoms. The average Bonchev–Trinajstić information content (AvgIpc) is 2.89. The average molecular weight is 324 g/mol. The van der Waals surface area contributed by atoms with Crippen molar-refractivity contribution in [2.24, 2.45) is 7.05 Å². The van der Waals surface area contributed by atoms with Gasteiger partial charge in [0.1, 0.15) is 5.82 Å². The summed E-state index contributed by atoms with van der Waals surface area (Å²) in [4.78, 5) is 9.59. The van der Waals surface area contributed by atoms with Gasteiger partial charge in [0.2, 0.25) is 0 Å². The Kier molecular flexibility index (Phi) is 4.76. The number of aromatic nitrogens is 2. The fraction of sp³-hybridized carbons (Fsp3) is 0.450. The molecule has 0 N–H and O–H groups in total. The second-order valence-corrected chi connectivity index (χ2v) is 6.49. The lowest BCUT2D eigenvalue weighted by molar-refractivity contribution is 0.311. The molecule has 0 bridgehead atoms. The molecule has 3 aromatic rings. The van der Waals surface area contributed by atoms with E-state index in [9.17, 15) is 0 Å². The van der Waals surface area contributed by atoms with Gasteiger partial charge < -0.3 is 14.4 Å². The molecule has 24 heavy (non-hydrogen) atoms. The molecule has 0 unspecified atom stereocenters. The van der Waals surface area contributed by atoms with Crippen molar-refractivity contribution in [3.8, 4) is 0 Å². The van der Waals surface area contributed by atoms with Gasteiger partial charge in [0.15, 0.2) is 0 Å². The van der Waals surface area contributed by atoms with Crippen molar-refractivity contribution >= 4 is 27.6 Å². The van der Waals surface area contributed by atoms with Crippen molar-refractivity contribution in [3.63, 3.8) is 0 Å². The molecule has 0 aliphatic carbocycles. The van der Waals surface area contributed by atoms with Crippen molar-refractivity contribution in [2.45, 2.75) is 20.8 Å². The van der Waals surface area contributed by atoms with Crippen molar-refractivity contribution in [3.05, 3.63) is 36.0 Å². The van der Waals surface area contributed by atoms with E-state index in [4.69, 9.17) is 4.98 Å². The lowest BCUT2D eigenvalue weighted by atomic mass is 10.1. The van der Waals surface area contributed by atoms with Gasteiger partial charge in [0.05, 0.1) is 11.2 Å². The quantitative estimate of drug-likeness (QED) is 0.689. The number of likely N-dealkylation sites (N-methyl/N-ethyl adjacent to an activating group) is 2. The fourth-order valence-corrected chi connectivity index (χ4v) is 3.53. The van der Waals surface area contributed by atoms with E-state index in [1.807, 2.05) is 0 Å². The number of fused-ring (bicyclic) bond motifs is 3. The van der Waals surface area contributed by atoms with Gasteiger partial charge in [-0.05, 0) is 32.1 Å². The Bertz CT molecular complexity index is 846. The predicted molar refractivity (Wildman–Crippen MR) is 104 cm³/mol. The lowest BCUT2D eigenvalue weighted by Gasteiger charge is -2.24. The van der Waals surface area contributed by atoms with Gasteiger partial charge in [-0.2, -0.15) is 0 Å². The molecule has 2 aromatic heterocycles. The van der Waals surface area contributed by atoms with Crippen LogP contribution >= 0.6 is 0 Å². The number of anilines is 1. The number of aryl methyl sites for hydroxylation is 2.